The second-order valence-corrected chi connectivity index (χ2v) is 4.04. The summed E-state index contributed by atoms with van der Waals surface area (Å²) < 4.78 is 2.05. The van der Waals surface area contributed by atoms with E-state index in [2.05, 4.69) is 37.9 Å². The first-order chi connectivity index (χ1) is 7.10. The molecule has 0 aliphatic rings. The number of hydrogen-bond acceptors (Lipinski definition) is 3. The molecule has 0 spiro atoms. The maximum absolute atomic E-state index is 6.03. The number of anilines is 1. The van der Waals surface area contributed by atoms with Gasteiger partial charge in [-0.2, -0.15) is 5.10 Å². The van der Waals surface area contributed by atoms with Gasteiger partial charge in [0.1, 0.15) is 0 Å². The summed E-state index contributed by atoms with van der Waals surface area (Å²) in [5.74, 6) is 0. The first-order valence-electron chi connectivity index (χ1n) is 5.58. The third kappa shape index (κ3) is 2.72. The van der Waals surface area contributed by atoms with E-state index in [0.29, 0.717) is 0 Å². The minimum atomic E-state index is 0.888. The SMILES string of the molecule is CCc1nn(CCN(C)C)c(CC)c1N. The van der Waals surface area contributed by atoms with Gasteiger partial charge in [-0.3, -0.25) is 4.68 Å². The highest BCUT2D eigenvalue weighted by molar-refractivity contribution is 5.48. The van der Waals surface area contributed by atoms with Crippen LogP contribution in [0.25, 0.3) is 0 Å². The number of nitrogen functional groups attached to an aromatic ring is 1. The maximum atomic E-state index is 6.03. The van der Waals surface area contributed by atoms with E-state index in [1.165, 1.54) is 5.69 Å². The van der Waals surface area contributed by atoms with Crippen molar-refractivity contribution in [2.45, 2.75) is 33.2 Å². The number of nitrogens with zero attached hydrogens (tertiary/aromatic N) is 3. The third-order valence-corrected chi connectivity index (χ3v) is 2.60. The van der Waals surface area contributed by atoms with Gasteiger partial charge < -0.3 is 10.6 Å². The van der Waals surface area contributed by atoms with Crippen molar-refractivity contribution in [3.8, 4) is 0 Å². The second-order valence-electron chi connectivity index (χ2n) is 4.04. The monoisotopic (exact) mass is 210 g/mol. The molecule has 86 valence electrons. The van der Waals surface area contributed by atoms with Gasteiger partial charge in [-0.25, -0.2) is 0 Å². The van der Waals surface area contributed by atoms with Gasteiger partial charge in [0.2, 0.25) is 0 Å². The summed E-state index contributed by atoms with van der Waals surface area (Å²) in [6.45, 7) is 6.13. The van der Waals surface area contributed by atoms with Crippen LogP contribution in [0.1, 0.15) is 25.2 Å². The van der Waals surface area contributed by atoms with E-state index in [1.807, 2.05) is 4.68 Å². The summed E-state index contributed by atoms with van der Waals surface area (Å²) in [5, 5.41) is 4.54. The van der Waals surface area contributed by atoms with Crippen molar-refractivity contribution < 1.29 is 0 Å². The minimum Gasteiger partial charge on any atom is -0.396 e. The number of aromatic nitrogens is 2. The lowest BCUT2D eigenvalue weighted by molar-refractivity contribution is 0.369. The average molecular weight is 210 g/mol. The fraction of sp³-hybridized carbons (Fsp3) is 0.727. The first kappa shape index (κ1) is 12.0. The smallest absolute Gasteiger partial charge is 0.0854 e. The molecule has 1 rings (SSSR count). The Bertz CT molecular complexity index is 315. The molecule has 1 aromatic heterocycles. The molecule has 0 aromatic carbocycles. The molecule has 15 heavy (non-hydrogen) atoms. The van der Waals surface area contributed by atoms with Crippen LogP contribution in [0.4, 0.5) is 5.69 Å². The molecular weight excluding hydrogens is 188 g/mol. The topological polar surface area (TPSA) is 47.1 Å². The van der Waals surface area contributed by atoms with E-state index < -0.39 is 0 Å². The van der Waals surface area contributed by atoms with Gasteiger partial charge in [0.25, 0.3) is 0 Å². The molecule has 0 fully saturated rings. The summed E-state index contributed by atoms with van der Waals surface area (Å²) in [4.78, 5) is 2.16. The molecule has 0 aliphatic carbocycles. The van der Waals surface area contributed by atoms with Crippen molar-refractivity contribution in [2.75, 3.05) is 26.4 Å². The van der Waals surface area contributed by atoms with E-state index >= 15 is 0 Å². The van der Waals surface area contributed by atoms with Crippen LogP contribution in [-0.2, 0) is 19.4 Å². The molecule has 2 N–H and O–H groups in total. The van der Waals surface area contributed by atoms with Crippen LogP contribution < -0.4 is 5.73 Å². The molecule has 0 amide bonds. The van der Waals surface area contributed by atoms with Gasteiger partial charge in [0.05, 0.1) is 23.6 Å². The van der Waals surface area contributed by atoms with E-state index in [9.17, 15) is 0 Å². The Morgan fingerprint density at radius 1 is 1.27 bits per heavy atom. The second kappa shape index (κ2) is 5.16. The summed E-state index contributed by atoms with van der Waals surface area (Å²) in [6.07, 6.45) is 1.86. The Morgan fingerprint density at radius 3 is 2.40 bits per heavy atom. The van der Waals surface area contributed by atoms with Crippen molar-refractivity contribution in [3.05, 3.63) is 11.4 Å². The van der Waals surface area contributed by atoms with Crippen molar-refractivity contribution in [2.24, 2.45) is 0 Å². The number of rotatable bonds is 5. The van der Waals surface area contributed by atoms with Crippen LogP contribution in [0.5, 0.6) is 0 Å². The number of aryl methyl sites for hydroxylation is 1. The molecule has 4 nitrogen and oxygen atoms in total. The lowest BCUT2D eigenvalue weighted by atomic mass is 10.2. The van der Waals surface area contributed by atoms with Gasteiger partial charge >= 0.3 is 0 Å². The van der Waals surface area contributed by atoms with Crippen LogP contribution in [0.15, 0.2) is 0 Å². The van der Waals surface area contributed by atoms with Crippen molar-refractivity contribution in [3.63, 3.8) is 0 Å². The zero-order valence-corrected chi connectivity index (χ0v) is 10.2. The fourth-order valence-corrected chi connectivity index (χ4v) is 1.68. The van der Waals surface area contributed by atoms with Gasteiger partial charge in [-0.05, 0) is 26.9 Å². The highest BCUT2D eigenvalue weighted by Crippen LogP contribution is 2.18. The normalized spacial score (nSPS) is 11.3. The molecule has 0 unspecified atom stereocenters. The molecule has 0 radical (unpaired) electrons. The molecule has 0 atom stereocenters. The van der Waals surface area contributed by atoms with Crippen LogP contribution in [0.3, 0.4) is 0 Å². The van der Waals surface area contributed by atoms with Crippen LogP contribution in [0.2, 0.25) is 0 Å². The lowest BCUT2D eigenvalue weighted by Crippen LogP contribution is -2.20. The zero-order valence-electron chi connectivity index (χ0n) is 10.2. The van der Waals surface area contributed by atoms with Gasteiger partial charge in [0.15, 0.2) is 0 Å². The van der Waals surface area contributed by atoms with E-state index in [-0.39, 0.29) is 0 Å². The van der Waals surface area contributed by atoms with E-state index in [4.69, 9.17) is 5.73 Å². The predicted octanol–water partition coefficient (Wildman–Crippen LogP) is 1.15. The Morgan fingerprint density at radius 2 is 1.93 bits per heavy atom. The fourth-order valence-electron chi connectivity index (χ4n) is 1.68. The summed E-state index contributed by atoms with van der Waals surface area (Å²) in [6, 6.07) is 0. The number of hydrogen-bond donors (Lipinski definition) is 1. The minimum absolute atomic E-state index is 0.888. The van der Waals surface area contributed by atoms with Crippen molar-refractivity contribution in [1.82, 2.24) is 14.7 Å². The van der Waals surface area contributed by atoms with E-state index in [0.717, 1.165) is 37.3 Å². The van der Waals surface area contributed by atoms with Gasteiger partial charge in [-0.15, -0.1) is 0 Å². The van der Waals surface area contributed by atoms with Crippen molar-refractivity contribution >= 4 is 5.69 Å². The van der Waals surface area contributed by atoms with Gasteiger partial charge in [-0.1, -0.05) is 13.8 Å². The Labute approximate surface area is 92.1 Å². The average Bonchev–Trinajstić information content (AvgIpc) is 2.51. The Kier molecular flexibility index (Phi) is 4.15. The number of likely N-dealkylation sites (N-methyl/N-ethyl adjacent to an activating group) is 1. The quantitative estimate of drug-likeness (QED) is 0.793. The maximum Gasteiger partial charge on any atom is 0.0854 e. The largest absolute Gasteiger partial charge is 0.396 e. The Balaban J connectivity index is 2.86. The summed E-state index contributed by atoms with van der Waals surface area (Å²) in [5.41, 5.74) is 9.13. The van der Waals surface area contributed by atoms with Crippen molar-refractivity contribution in [1.29, 1.82) is 0 Å². The predicted molar refractivity (Wildman–Crippen MR) is 63.9 cm³/mol. The summed E-state index contributed by atoms with van der Waals surface area (Å²) in [7, 11) is 4.14. The first-order valence-corrected chi connectivity index (χ1v) is 5.58. The van der Waals surface area contributed by atoms with Crippen LogP contribution >= 0.6 is 0 Å². The molecule has 0 saturated heterocycles. The molecule has 4 heteroatoms. The Hall–Kier alpha value is -1.03. The number of nitrogens with two attached hydrogens (primary N) is 1. The standard InChI is InChI=1S/C11H22N4/c1-5-9-11(12)10(6-2)15(13-9)8-7-14(3)4/h5-8,12H2,1-4H3. The molecule has 0 aliphatic heterocycles. The van der Waals surface area contributed by atoms with E-state index in [1.54, 1.807) is 0 Å². The molecule has 1 heterocycles. The third-order valence-electron chi connectivity index (χ3n) is 2.60. The summed E-state index contributed by atoms with van der Waals surface area (Å²) >= 11 is 0. The lowest BCUT2D eigenvalue weighted by Gasteiger charge is -2.11. The molecular formula is C11H22N4. The van der Waals surface area contributed by atoms with Gasteiger partial charge in [0, 0.05) is 6.54 Å². The zero-order chi connectivity index (χ0) is 11.4. The molecule has 1 aromatic rings. The molecule has 0 bridgehead atoms. The van der Waals surface area contributed by atoms with Crippen LogP contribution in [-0.4, -0.2) is 35.3 Å². The highest BCUT2D eigenvalue weighted by Gasteiger charge is 2.11. The molecule has 0 saturated carbocycles. The highest BCUT2D eigenvalue weighted by atomic mass is 15.3. The van der Waals surface area contributed by atoms with Crippen LogP contribution in [0, 0.1) is 0 Å².